The minimum absolute atomic E-state index is 0.0293. The molecule has 1 heterocycles. The van der Waals surface area contributed by atoms with Crippen molar-refractivity contribution < 1.29 is 23.0 Å². The average molecular weight is 416 g/mol. The van der Waals surface area contributed by atoms with E-state index in [1.165, 1.54) is 23.8 Å². The lowest BCUT2D eigenvalue weighted by molar-refractivity contribution is -0.116. The van der Waals surface area contributed by atoms with E-state index in [1.54, 1.807) is 18.2 Å². The van der Waals surface area contributed by atoms with Crippen LogP contribution < -0.4 is 10.1 Å². The van der Waals surface area contributed by atoms with Gasteiger partial charge in [-0.15, -0.1) is 0 Å². The van der Waals surface area contributed by atoms with E-state index < -0.39 is 6.61 Å². The lowest BCUT2D eigenvalue weighted by Gasteiger charge is -2.31. The third-order valence-electron chi connectivity index (χ3n) is 4.74. The van der Waals surface area contributed by atoms with Crippen molar-refractivity contribution in [2.45, 2.75) is 32.7 Å². The van der Waals surface area contributed by atoms with Crippen molar-refractivity contribution in [1.82, 2.24) is 10.2 Å². The lowest BCUT2D eigenvalue weighted by Crippen LogP contribution is -2.40. The van der Waals surface area contributed by atoms with Gasteiger partial charge < -0.3 is 14.8 Å². The van der Waals surface area contributed by atoms with Crippen molar-refractivity contribution >= 4 is 12.0 Å². The van der Waals surface area contributed by atoms with Gasteiger partial charge in [0.2, 0.25) is 5.91 Å². The number of carbonyl (C=O) groups is 1. The van der Waals surface area contributed by atoms with Gasteiger partial charge in [0.25, 0.3) is 0 Å². The van der Waals surface area contributed by atoms with Gasteiger partial charge in [-0.25, -0.2) is 0 Å². The third-order valence-corrected chi connectivity index (χ3v) is 4.74. The monoisotopic (exact) mass is 416 g/mol. The number of nitrogens with zero attached hydrogens (tertiary/aromatic N) is 1. The standard InChI is InChI=1S/C23H26F2N2O3/c1-17-15-27(11-12-29-17)16-19-6-4-5-18(13-19)14-26-22(28)10-9-20-7-2-3-8-21(20)30-23(24)25/h2-10,13,17,23H,11-12,14-16H2,1H3,(H,26,28)/b10-9+. The number of hydrogen-bond donors (Lipinski definition) is 1. The summed E-state index contributed by atoms with van der Waals surface area (Å²) in [5, 5.41) is 2.82. The maximum Gasteiger partial charge on any atom is 0.387 e. The summed E-state index contributed by atoms with van der Waals surface area (Å²) in [6.45, 7) is 2.94. The van der Waals surface area contributed by atoms with E-state index in [0.717, 1.165) is 31.8 Å². The molecular formula is C23H26F2N2O3. The molecule has 3 rings (SSSR count). The number of rotatable bonds is 8. The van der Waals surface area contributed by atoms with E-state index in [0.29, 0.717) is 12.1 Å². The molecule has 7 heteroatoms. The Morgan fingerprint density at radius 3 is 2.87 bits per heavy atom. The molecule has 30 heavy (non-hydrogen) atoms. The van der Waals surface area contributed by atoms with Crippen molar-refractivity contribution in [1.29, 1.82) is 0 Å². The third kappa shape index (κ3) is 6.93. The van der Waals surface area contributed by atoms with E-state index >= 15 is 0 Å². The van der Waals surface area contributed by atoms with E-state index in [9.17, 15) is 13.6 Å². The summed E-state index contributed by atoms with van der Waals surface area (Å²) in [5.41, 5.74) is 2.59. The number of hydrogen-bond acceptors (Lipinski definition) is 4. The Hall–Kier alpha value is -2.77. The topological polar surface area (TPSA) is 50.8 Å². The molecule has 0 aromatic heterocycles. The van der Waals surface area contributed by atoms with Crippen LogP contribution in [0.4, 0.5) is 8.78 Å². The molecule has 5 nitrogen and oxygen atoms in total. The molecule has 1 amide bonds. The molecule has 1 N–H and O–H groups in total. The van der Waals surface area contributed by atoms with Crippen molar-refractivity contribution in [3.8, 4) is 5.75 Å². The largest absolute Gasteiger partial charge is 0.434 e. The minimum Gasteiger partial charge on any atom is -0.434 e. The summed E-state index contributed by atoms with van der Waals surface area (Å²) in [4.78, 5) is 14.5. The fourth-order valence-corrected chi connectivity index (χ4v) is 3.37. The molecule has 1 unspecified atom stereocenters. The van der Waals surface area contributed by atoms with Crippen LogP contribution in [0.2, 0.25) is 0 Å². The molecule has 1 saturated heterocycles. The highest BCUT2D eigenvalue weighted by atomic mass is 19.3. The smallest absolute Gasteiger partial charge is 0.387 e. The second-order valence-electron chi connectivity index (χ2n) is 7.20. The van der Waals surface area contributed by atoms with Crippen molar-refractivity contribution in [3.63, 3.8) is 0 Å². The second-order valence-corrected chi connectivity index (χ2v) is 7.20. The molecular weight excluding hydrogens is 390 g/mol. The molecule has 1 atom stereocenters. The molecule has 160 valence electrons. The number of alkyl halides is 2. The van der Waals surface area contributed by atoms with E-state index in [2.05, 4.69) is 34.0 Å². The zero-order valence-corrected chi connectivity index (χ0v) is 16.9. The maximum atomic E-state index is 12.5. The Balaban J connectivity index is 1.53. The number of amides is 1. The number of para-hydroxylation sites is 1. The predicted molar refractivity (Wildman–Crippen MR) is 111 cm³/mol. The Kier molecular flexibility index (Phi) is 7.93. The summed E-state index contributed by atoms with van der Waals surface area (Å²) in [5.74, 6) is -0.282. The molecule has 0 aliphatic carbocycles. The molecule has 0 spiro atoms. The van der Waals surface area contributed by atoms with Crippen LogP contribution in [0.15, 0.2) is 54.6 Å². The van der Waals surface area contributed by atoms with Gasteiger partial charge in [0.1, 0.15) is 5.75 Å². The first-order valence-electron chi connectivity index (χ1n) is 9.91. The summed E-state index contributed by atoms with van der Waals surface area (Å²) in [7, 11) is 0. The van der Waals surface area contributed by atoms with Gasteiger partial charge >= 0.3 is 6.61 Å². The highest BCUT2D eigenvalue weighted by Gasteiger charge is 2.16. The molecule has 1 aliphatic heterocycles. The van der Waals surface area contributed by atoms with Crippen LogP contribution in [0.1, 0.15) is 23.6 Å². The van der Waals surface area contributed by atoms with Crippen LogP contribution >= 0.6 is 0 Å². The van der Waals surface area contributed by atoms with Crippen LogP contribution in [0.5, 0.6) is 5.75 Å². The molecule has 1 fully saturated rings. The first kappa shape index (κ1) is 21.9. The molecule has 0 bridgehead atoms. The van der Waals surface area contributed by atoms with E-state index in [4.69, 9.17) is 4.74 Å². The van der Waals surface area contributed by atoms with Gasteiger partial charge in [0.05, 0.1) is 12.7 Å². The summed E-state index contributed by atoms with van der Waals surface area (Å²) in [6, 6.07) is 14.4. The van der Waals surface area contributed by atoms with Crippen molar-refractivity contribution in [2.24, 2.45) is 0 Å². The number of morpholine rings is 1. The zero-order valence-electron chi connectivity index (χ0n) is 16.9. The number of carbonyl (C=O) groups excluding carboxylic acids is 1. The van der Waals surface area contributed by atoms with Gasteiger partial charge in [-0.05, 0) is 30.2 Å². The number of nitrogens with one attached hydrogen (secondary N) is 1. The number of benzene rings is 2. The zero-order chi connectivity index (χ0) is 21.3. The van der Waals surface area contributed by atoms with Crippen molar-refractivity contribution in [2.75, 3.05) is 19.7 Å². The molecule has 0 radical (unpaired) electrons. The number of ether oxygens (including phenoxy) is 2. The van der Waals surface area contributed by atoms with Gasteiger partial charge in [-0.2, -0.15) is 8.78 Å². The Labute approximate surface area is 175 Å². The van der Waals surface area contributed by atoms with Gasteiger partial charge in [-0.1, -0.05) is 42.5 Å². The fraction of sp³-hybridized carbons (Fsp3) is 0.348. The van der Waals surface area contributed by atoms with Crippen LogP contribution in [0.25, 0.3) is 6.08 Å². The van der Waals surface area contributed by atoms with E-state index in [1.807, 2.05) is 12.1 Å². The highest BCUT2D eigenvalue weighted by Crippen LogP contribution is 2.21. The minimum atomic E-state index is -2.92. The van der Waals surface area contributed by atoms with Crippen molar-refractivity contribution in [3.05, 3.63) is 71.3 Å². The van der Waals surface area contributed by atoms with Crippen LogP contribution in [0, 0.1) is 0 Å². The number of halogens is 2. The normalized spacial score (nSPS) is 17.4. The summed E-state index contributed by atoms with van der Waals surface area (Å²) < 4.78 is 35.0. The van der Waals surface area contributed by atoms with Crippen LogP contribution in [-0.2, 0) is 22.6 Å². The Morgan fingerprint density at radius 2 is 2.07 bits per heavy atom. The average Bonchev–Trinajstić information content (AvgIpc) is 2.71. The van der Waals surface area contributed by atoms with Gasteiger partial charge in [-0.3, -0.25) is 9.69 Å². The molecule has 1 aliphatic rings. The maximum absolute atomic E-state index is 12.5. The first-order valence-corrected chi connectivity index (χ1v) is 9.91. The van der Waals surface area contributed by atoms with E-state index in [-0.39, 0.29) is 17.8 Å². The summed E-state index contributed by atoms with van der Waals surface area (Å²) in [6.07, 6.45) is 3.01. The fourth-order valence-electron chi connectivity index (χ4n) is 3.37. The Bertz CT molecular complexity index is 873. The highest BCUT2D eigenvalue weighted by molar-refractivity contribution is 5.92. The molecule has 2 aromatic carbocycles. The first-order chi connectivity index (χ1) is 14.5. The predicted octanol–water partition coefficient (Wildman–Crippen LogP) is 3.84. The molecule has 0 saturated carbocycles. The van der Waals surface area contributed by atoms with Crippen LogP contribution in [0.3, 0.4) is 0 Å². The Morgan fingerprint density at radius 1 is 1.27 bits per heavy atom. The quantitative estimate of drug-likeness (QED) is 0.665. The molecule has 2 aromatic rings. The van der Waals surface area contributed by atoms with Gasteiger partial charge in [0.15, 0.2) is 0 Å². The van der Waals surface area contributed by atoms with Gasteiger partial charge in [0, 0.05) is 37.8 Å². The second kappa shape index (κ2) is 10.8. The SMILES string of the molecule is CC1CN(Cc2cccc(CNC(=O)/C=C/c3ccccc3OC(F)F)c2)CCO1. The van der Waals surface area contributed by atoms with Crippen LogP contribution in [-0.4, -0.2) is 43.2 Å². The lowest BCUT2D eigenvalue weighted by atomic mass is 10.1. The summed E-state index contributed by atoms with van der Waals surface area (Å²) >= 11 is 0.